The molecule has 0 bridgehead atoms. The number of benzene rings is 1. The highest BCUT2D eigenvalue weighted by atomic mass is 35.5. The number of ether oxygens (including phenoxy) is 1. The van der Waals surface area contributed by atoms with Crippen molar-refractivity contribution >= 4 is 17.6 Å². The molecule has 1 atom stereocenters. The summed E-state index contributed by atoms with van der Waals surface area (Å²) in [6.45, 7) is 0. The number of aliphatic hydroxyl groups is 1. The first-order chi connectivity index (χ1) is 7.06. The molecule has 0 heterocycles. The smallest absolute Gasteiger partial charge is 0.306 e. The van der Waals surface area contributed by atoms with E-state index in [0.29, 0.717) is 16.3 Å². The Morgan fingerprint density at radius 1 is 1.60 bits per heavy atom. The maximum Gasteiger partial charge on any atom is 0.306 e. The Labute approximate surface area is 92.1 Å². The van der Waals surface area contributed by atoms with Crippen LogP contribution in [0.2, 0.25) is 5.02 Å². The Balaban J connectivity index is 3.02. The van der Waals surface area contributed by atoms with Crippen molar-refractivity contribution in [3.05, 3.63) is 28.8 Å². The van der Waals surface area contributed by atoms with Crippen molar-refractivity contribution in [2.24, 2.45) is 0 Å². The van der Waals surface area contributed by atoms with Crippen LogP contribution in [0, 0.1) is 0 Å². The molecule has 15 heavy (non-hydrogen) atoms. The van der Waals surface area contributed by atoms with Gasteiger partial charge in [0.15, 0.2) is 0 Å². The highest BCUT2D eigenvalue weighted by molar-refractivity contribution is 6.32. The molecule has 0 saturated heterocycles. The van der Waals surface area contributed by atoms with E-state index in [9.17, 15) is 9.90 Å². The van der Waals surface area contributed by atoms with Crippen molar-refractivity contribution < 1.29 is 19.7 Å². The van der Waals surface area contributed by atoms with Gasteiger partial charge in [0.1, 0.15) is 5.75 Å². The maximum absolute atomic E-state index is 10.4. The summed E-state index contributed by atoms with van der Waals surface area (Å²) in [5.74, 6) is -0.766. The summed E-state index contributed by atoms with van der Waals surface area (Å²) in [5, 5.41) is 18.5. The van der Waals surface area contributed by atoms with Crippen molar-refractivity contribution in [2.45, 2.75) is 12.5 Å². The molecule has 0 aliphatic rings. The van der Waals surface area contributed by atoms with Crippen LogP contribution in [-0.2, 0) is 4.79 Å². The van der Waals surface area contributed by atoms with Gasteiger partial charge in [-0.2, -0.15) is 0 Å². The number of rotatable bonds is 4. The molecule has 0 aromatic heterocycles. The molecule has 4 nitrogen and oxygen atoms in total. The molecule has 1 rings (SSSR count). The predicted octanol–water partition coefficient (Wildman–Crippen LogP) is 1.86. The lowest BCUT2D eigenvalue weighted by Crippen LogP contribution is -2.07. The molecule has 0 spiro atoms. The zero-order chi connectivity index (χ0) is 11.4. The molecule has 1 aromatic rings. The molecule has 0 fully saturated rings. The Morgan fingerprint density at radius 2 is 2.27 bits per heavy atom. The first-order valence-electron chi connectivity index (χ1n) is 4.28. The van der Waals surface area contributed by atoms with E-state index < -0.39 is 12.1 Å². The van der Waals surface area contributed by atoms with Gasteiger partial charge in [0.2, 0.25) is 0 Å². The minimum atomic E-state index is -1.11. The molecule has 0 amide bonds. The number of hydrogen-bond acceptors (Lipinski definition) is 3. The number of methoxy groups -OCH3 is 1. The van der Waals surface area contributed by atoms with E-state index >= 15 is 0 Å². The Morgan fingerprint density at radius 3 is 2.80 bits per heavy atom. The van der Waals surface area contributed by atoms with Crippen LogP contribution in [0.3, 0.4) is 0 Å². The molecule has 0 aliphatic heterocycles. The highest BCUT2D eigenvalue weighted by Gasteiger charge is 2.18. The number of carboxylic acid groups (broad SMARTS) is 1. The van der Waals surface area contributed by atoms with Gasteiger partial charge in [-0.15, -0.1) is 0 Å². The van der Waals surface area contributed by atoms with E-state index in [4.69, 9.17) is 21.4 Å². The molecule has 5 heteroatoms. The maximum atomic E-state index is 10.4. The van der Waals surface area contributed by atoms with Crippen LogP contribution in [0.1, 0.15) is 18.1 Å². The number of carbonyl (C=O) groups is 1. The van der Waals surface area contributed by atoms with Gasteiger partial charge in [-0.1, -0.05) is 23.7 Å². The van der Waals surface area contributed by atoms with Gasteiger partial charge in [-0.05, 0) is 6.07 Å². The van der Waals surface area contributed by atoms with Crippen molar-refractivity contribution in [3.8, 4) is 5.75 Å². The number of carboxylic acids is 1. The van der Waals surface area contributed by atoms with E-state index in [1.54, 1.807) is 18.2 Å². The third-order valence-electron chi connectivity index (χ3n) is 1.93. The second-order valence-electron chi connectivity index (χ2n) is 2.98. The standard InChI is InChI=1S/C10H11ClO4/c1-15-10-6(3-2-4-7(10)11)8(12)5-9(13)14/h2-4,8,12H,5H2,1H3,(H,13,14). The molecule has 0 radical (unpaired) electrons. The molecule has 2 N–H and O–H groups in total. The van der Waals surface area contributed by atoms with Crippen molar-refractivity contribution in [1.29, 1.82) is 0 Å². The van der Waals surface area contributed by atoms with Crippen molar-refractivity contribution in [1.82, 2.24) is 0 Å². The summed E-state index contributed by atoms with van der Waals surface area (Å²) >= 11 is 5.83. The van der Waals surface area contributed by atoms with Gasteiger partial charge in [0, 0.05) is 5.56 Å². The van der Waals surface area contributed by atoms with Crippen LogP contribution in [0.25, 0.3) is 0 Å². The second kappa shape index (κ2) is 5.00. The minimum absolute atomic E-state index is 0.313. The fraction of sp³-hybridized carbons (Fsp3) is 0.300. The van der Waals surface area contributed by atoms with Crippen LogP contribution >= 0.6 is 11.6 Å². The number of para-hydroxylation sites is 1. The van der Waals surface area contributed by atoms with E-state index in [-0.39, 0.29) is 6.42 Å². The van der Waals surface area contributed by atoms with Gasteiger partial charge in [0.25, 0.3) is 0 Å². The normalized spacial score (nSPS) is 12.2. The van der Waals surface area contributed by atoms with Crippen LogP contribution in [0.15, 0.2) is 18.2 Å². The molecule has 1 aromatic carbocycles. The van der Waals surface area contributed by atoms with E-state index in [2.05, 4.69) is 0 Å². The molecule has 82 valence electrons. The van der Waals surface area contributed by atoms with E-state index in [1.807, 2.05) is 0 Å². The topological polar surface area (TPSA) is 66.8 Å². The second-order valence-corrected chi connectivity index (χ2v) is 3.38. The summed E-state index contributed by atoms with van der Waals surface area (Å²) in [6, 6.07) is 4.82. The van der Waals surface area contributed by atoms with Gasteiger partial charge in [-0.25, -0.2) is 0 Å². The SMILES string of the molecule is COc1c(Cl)cccc1C(O)CC(=O)O. The zero-order valence-electron chi connectivity index (χ0n) is 8.11. The molecule has 0 saturated carbocycles. The lowest BCUT2D eigenvalue weighted by Gasteiger charge is -2.13. The fourth-order valence-corrected chi connectivity index (χ4v) is 1.54. The Kier molecular flexibility index (Phi) is 3.94. The monoisotopic (exact) mass is 230 g/mol. The summed E-state index contributed by atoms with van der Waals surface area (Å²) in [5.41, 5.74) is 0.382. The zero-order valence-corrected chi connectivity index (χ0v) is 8.86. The van der Waals surface area contributed by atoms with Gasteiger partial charge in [-0.3, -0.25) is 4.79 Å². The molecule has 1 unspecified atom stereocenters. The predicted molar refractivity (Wildman–Crippen MR) is 55.2 cm³/mol. The lowest BCUT2D eigenvalue weighted by atomic mass is 10.1. The summed E-state index contributed by atoms with van der Waals surface area (Å²) < 4.78 is 4.99. The van der Waals surface area contributed by atoms with Crippen molar-refractivity contribution in [3.63, 3.8) is 0 Å². The number of halogens is 1. The highest BCUT2D eigenvalue weighted by Crippen LogP contribution is 2.33. The third kappa shape index (κ3) is 2.84. The van der Waals surface area contributed by atoms with Crippen LogP contribution < -0.4 is 4.74 Å². The average Bonchev–Trinajstić information content (AvgIpc) is 2.16. The number of aliphatic carboxylic acids is 1. The first kappa shape index (κ1) is 11.8. The van der Waals surface area contributed by atoms with Gasteiger partial charge in [0.05, 0.1) is 24.7 Å². The number of hydrogen-bond donors (Lipinski definition) is 2. The largest absolute Gasteiger partial charge is 0.495 e. The van der Waals surface area contributed by atoms with Crippen LogP contribution in [0.4, 0.5) is 0 Å². The van der Waals surface area contributed by atoms with Gasteiger partial charge < -0.3 is 14.9 Å². The summed E-state index contributed by atoms with van der Waals surface area (Å²) in [4.78, 5) is 10.4. The fourth-order valence-electron chi connectivity index (χ4n) is 1.28. The molecular weight excluding hydrogens is 220 g/mol. The van der Waals surface area contributed by atoms with Crippen LogP contribution in [0.5, 0.6) is 5.75 Å². The van der Waals surface area contributed by atoms with E-state index in [1.165, 1.54) is 7.11 Å². The van der Waals surface area contributed by atoms with Gasteiger partial charge >= 0.3 is 5.97 Å². The van der Waals surface area contributed by atoms with Crippen LogP contribution in [-0.4, -0.2) is 23.3 Å². The summed E-state index contributed by atoms with van der Waals surface area (Å²) in [7, 11) is 1.41. The molecule has 0 aliphatic carbocycles. The Hall–Kier alpha value is -1.26. The number of aliphatic hydroxyl groups excluding tert-OH is 1. The quantitative estimate of drug-likeness (QED) is 0.829. The van der Waals surface area contributed by atoms with E-state index in [0.717, 1.165) is 0 Å². The lowest BCUT2D eigenvalue weighted by molar-refractivity contribution is -0.139. The summed E-state index contributed by atoms with van der Waals surface area (Å²) in [6.07, 6.45) is -1.49. The average molecular weight is 231 g/mol. The minimum Gasteiger partial charge on any atom is -0.495 e. The first-order valence-corrected chi connectivity index (χ1v) is 4.66. The van der Waals surface area contributed by atoms with Crippen molar-refractivity contribution in [2.75, 3.05) is 7.11 Å². The molecular formula is C10H11ClO4. The third-order valence-corrected chi connectivity index (χ3v) is 2.23. The Bertz CT molecular complexity index is 364.